The van der Waals surface area contributed by atoms with Gasteiger partial charge in [0.25, 0.3) is 5.79 Å². The summed E-state index contributed by atoms with van der Waals surface area (Å²) < 4.78 is 4.81. The molecule has 0 spiro atoms. The molecule has 1 heterocycles. The van der Waals surface area contributed by atoms with Crippen molar-refractivity contribution >= 4 is 53.8 Å². The molecule has 0 aromatic carbocycles. The number of aliphatic hydroxyl groups is 1. The van der Waals surface area contributed by atoms with Crippen molar-refractivity contribution < 1.29 is 14.6 Å². The zero-order valence-electron chi connectivity index (χ0n) is 8.10. The first-order valence-electron chi connectivity index (χ1n) is 4.56. The molecule has 0 aromatic rings. The lowest BCUT2D eigenvalue weighted by Crippen LogP contribution is -2.36. The summed E-state index contributed by atoms with van der Waals surface area (Å²) in [4.78, 5) is 11.5. The molecular weight excluding hydrogens is 396 g/mol. The van der Waals surface area contributed by atoms with Crippen LogP contribution in [0.3, 0.4) is 0 Å². The first-order chi connectivity index (χ1) is 6.93. The minimum absolute atomic E-state index is 0.409. The number of unbranched alkanes of at least 4 members (excludes halogenated alkanes) is 1. The molecule has 0 radical (unpaired) electrons. The quantitative estimate of drug-likeness (QED) is 0.576. The third-order valence-electron chi connectivity index (χ3n) is 2.15. The lowest BCUT2D eigenvalue weighted by atomic mass is 10.1. The van der Waals surface area contributed by atoms with Gasteiger partial charge in [0.05, 0.1) is 10.1 Å². The van der Waals surface area contributed by atoms with Gasteiger partial charge in [0, 0.05) is 0 Å². The number of ether oxygens (including phenoxy) is 1. The van der Waals surface area contributed by atoms with Gasteiger partial charge in [0.2, 0.25) is 0 Å². The van der Waals surface area contributed by atoms with E-state index in [4.69, 9.17) is 4.74 Å². The van der Waals surface area contributed by atoms with Gasteiger partial charge in [-0.1, -0.05) is 45.2 Å². The summed E-state index contributed by atoms with van der Waals surface area (Å²) in [5.41, 5.74) is 0.517. The van der Waals surface area contributed by atoms with Crippen molar-refractivity contribution in [1.82, 2.24) is 0 Å². The Hall–Kier alpha value is 0.610. The number of hydrogen-bond acceptors (Lipinski definition) is 3. The molecule has 3 nitrogen and oxygen atoms in total. The van der Waals surface area contributed by atoms with E-state index in [9.17, 15) is 9.90 Å². The fourth-order valence-electron chi connectivity index (χ4n) is 1.26. The molecule has 86 valence electrons. The minimum atomic E-state index is -1.62. The summed E-state index contributed by atoms with van der Waals surface area (Å²) in [5.74, 6) is -2.08. The predicted octanol–water partition coefficient (Wildman–Crippen LogP) is 3.19. The van der Waals surface area contributed by atoms with Crippen LogP contribution in [0.2, 0.25) is 0 Å². The molecule has 0 saturated carbocycles. The van der Waals surface area contributed by atoms with Crippen LogP contribution in [0.25, 0.3) is 0 Å². The first kappa shape index (κ1) is 13.7. The van der Waals surface area contributed by atoms with Gasteiger partial charge < -0.3 is 9.84 Å². The summed E-state index contributed by atoms with van der Waals surface area (Å²) in [7, 11) is 0. The van der Waals surface area contributed by atoms with Crippen LogP contribution in [0.4, 0.5) is 0 Å². The van der Waals surface area contributed by atoms with E-state index in [0.29, 0.717) is 16.5 Å². The Kier molecular flexibility index (Phi) is 4.83. The van der Waals surface area contributed by atoms with E-state index in [1.807, 2.05) is 6.92 Å². The van der Waals surface area contributed by atoms with Crippen molar-refractivity contribution in [3.8, 4) is 0 Å². The van der Waals surface area contributed by atoms with Crippen molar-refractivity contribution in [3.05, 3.63) is 10.1 Å². The van der Waals surface area contributed by atoms with E-state index in [1.54, 1.807) is 0 Å². The van der Waals surface area contributed by atoms with Crippen molar-refractivity contribution in [2.75, 3.05) is 0 Å². The number of rotatable bonds is 4. The van der Waals surface area contributed by atoms with Crippen LogP contribution < -0.4 is 0 Å². The van der Waals surface area contributed by atoms with Crippen molar-refractivity contribution in [3.63, 3.8) is 0 Å². The van der Waals surface area contributed by atoms with E-state index in [0.717, 1.165) is 12.8 Å². The maximum atomic E-state index is 11.5. The number of carbonyl (C=O) groups is 1. The summed E-state index contributed by atoms with van der Waals surface area (Å²) in [6, 6.07) is 0. The van der Waals surface area contributed by atoms with Gasteiger partial charge in [-0.05, 0) is 28.8 Å². The Morgan fingerprint density at radius 3 is 2.53 bits per heavy atom. The molecule has 1 aliphatic heterocycles. The van der Waals surface area contributed by atoms with E-state index in [2.05, 4.69) is 47.8 Å². The lowest BCUT2D eigenvalue weighted by Gasteiger charge is -2.23. The van der Waals surface area contributed by atoms with E-state index in [-0.39, 0.29) is 0 Å². The molecule has 6 heteroatoms. The topological polar surface area (TPSA) is 46.5 Å². The lowest BCUT2D eigenvalue weighted by molar-refractivity contribution is -0.173. The Morgan fingerprint density at radius 1 is 1.53 bits per heavy atom. The van der Waals surface area contributed by atoms with Gasteiger partial charge in [-0.3, -0.25) is 0 Å². The molecular formula is C9H11Br3O3. The van der Waals surface area contributed by atoms with Gasteiger partial charge in [0.15, 0.2) is 0 Å². The maximum Gasteiger partial charge on any atom is 0.337 e. The van der Waals surface area contributed by atoms with Crippen LogP contribution in [-0.4, -0.2) is 20.6 Å². The van der Waals surface area contributed by atoms with Crippen LogP contribution in [0, 0.1) is 0 Å². The molecule has 0 saturated heterocycles. The highest BCUT2D eigenvalue weighted by Gasteiger charge is 2.49. The smallest absolute Gasteiger partial charge is 0.337 e. The third kappa shape index (κ3) is 2.65. The monoisotopic (exact) mass is 404 g/mol. The summed E-state index contributed by atoms with van der Waals surface area (Å²) in [6.45, 7) is 2.04. The predicted molar refractivity (Wildman–Crippen MR) is 68.2 cm³/mol. The second kappa shape index (κ2) is 5.29. The van der Waals surface area contributed by atoms with Gasteiger partial charge in [0.1, 0.15) is 3.74 Å². The SMILES string of the molecule is CCCCC1=C(Br)C(O)(C(Br)Br)OC1=O. The Morgan fingerprint density at radius 2 is 2.13 bits per heavy atom. The van der Waals surface area contributed by atoms with Gasteiger partial charge >= 0.3 is 5.97 Å². The summed E-state index contributed by atoms with van der Waals surface area (Å²) >= 11 is 9.51. The van der Waals surface area contributed by atoms with Crippen LogP contribution in [-0.2, 0) is 9.53 Å². The largest absolute Gasteiger partial charge is 0.423 e. The molecule has 0 fully saturated rings. The molecule has 0 amide bonds. The summed E-state index contributed by atoms with van der Waals surface area (Å²) in [5, 5.41) is 10.0. The van der Waals surface area contributed by atoms with Gasteiger partial charge in [-0.15, -0.1) is 0 Å². The van der Waals surface area contributed by atoms with Crippen LogP contribution in [0.15, 0.2) is 10.1 Å². The molecule has 1 rings (SSSR count). The van der Waals surface area contributed by atoms with Crippen molar-refractivity contribution in [1.29, 1.82) is 0 Å². The number of hydrogen-bond donors (Lipinski definition) is 1. The standard InChI is InChI=1S/C9H11Br3O3/c1-2-3-4-5-6(10)9(14,8(11)12)15-7(5)13/h8,14H,2-4H2,1H3. The molecule has 1 N–H and O–H groups in total. The highest BCUT2D eigenvalue weighted by atomic mass is 79.9. The summed E-state index contributed by atoms with van der Waals surface area (Å²) in [6.07, 6.45) is 2.50. The Bertz CT molecular complexity index is 301. The molecule has 15 heavy (non-hydrogen) atoms. The molecule has 0 aliphatic carbocycles. The highest BCUT2D eigenvalue weighted by molar-refractivity contribution is 9.24. The molecule has 0 bridgehead atoms. The normalized spacial score (nSPS) is 26.4. The maximum absolute atomic E-state index is 11.5. The molecule has 0 aromatic heterocycles. The zero-order chi connectivity index (χ0) is 11.6. The number of alkyl halides is 2. The molecule has 1 atom stereocenters. The first-order valence-corrected chi connectivity index (χ1v) is 7.19. The zero-order valence-corrected chi connectivity index (χ0v) is 12.9. The second-order valence-corrected chi connectivity index (χ2v) is 7.14. The van der Waals surface area contributed by atoms with Crippen LogP contribution >= 0.6 is 47.8 Å². The number of carbonyl (C=O) groups excluding carboxylic acids is 1. The average molecular weight is 407 g/mol. The van der Waals surface area contributed by atoms with E-state index in [1.165, 1.54) is 0 Å². The average Bonchev–Trinajstić information content (AvgIpc) is 2.37. The van der Waals surface area contributed by atoms with Gasteiger partial charge in [-0.2, -0.15) is 0 Å². The van der Waals surface area contributed by atoms with Crippen molar-refractivity contribution in [2.24, 2.45) is 0 Å². The second-order valence-electron chi connectivity index (χ2n) is 3.28. The Balaban J connectivity index is 2.93. The third-order valence-corrected chi connectivity index (χ3v) is 4.44. The Labute approximate surface area is 114 Å². The highest BCUT2D eigenvalue weighted by Crippen LogP contribution is 2.43. The number of halogens is 3. The van der Waals surface area contributed by atoms with Crippen LogP contribution in [0.5, 0.6) is 0 Å². The number of cyclic esters (lactones) is 1. The fraction of sp³-hybridized carbons (Fsp3) is 0.667. The van der Waals surface area contributed by atoms with Crippen molar-refractivity contribution in [2.45, 2.75) is 35.7 Å². The van der Waals surface area contributed by atoms with Gasteiger partial charge in [-0.25, -0.2) is 4.79 Å². The molecule has 1 aliphatic rings. The molecule has 1 unspecified atom stereocenters. The fourth-order valence-corrected chi connectivity index (χ4v) is 3.19. The number of esters is 1. The minimum Gasteiger partial charge on any atom is -0.423 e. The van der Waals surface area contributed by atoms with E-state index >= 15 is 0 Å². The van der Waals surface area contributed by atoms with Crippen LogP contribution in [0.1, 0.15) is 26.2 Å². The van der Waals surface area contributed by atoms with E-state index < -0.39 is 15.5 Å².